The van der Waals surface area contributed by atoms with E-state index in [0.717, 1.165) is 88.7 Å². The van der Waals surface area contributed by atoms with Crippen LogP contribution < -0.4 is 0 Å². The molecular formula is C53H33N3O. The average molecular weight is 728 g/mol. The van der Waals surface area contributed by atoms with E-state index in [2.05, 4.69) is 164 Å². The Kier molecular flexibility index (Phi) is 7.78. The number of hydrogen-bond acceptors (Lipinski definition) is 4. The van der Waals surface area contributed by atoms with Crippen molar-refractivity contribution in [2.75, 3.05) is 0 Å². The van der Waals surface area contributed by atoms with Gasteiger partial charge in [-0.3, -0.25) is 0 Å². The van der Waals surface area contributed by atoms with Crippen molar-refractivity contribution in [1.29, 1.82) is 0 Å². The summed E-state index contributed by atoms with van der Waals surface area (Å²) in [5, 5.41) is 5.42. The Balaban J connectivity index is 1.04. The first-order valence-corrected chi connectivity index (χ1v) is 19.2. The minimum Gasteiger partial charge on any atom is -0.455 e. The van der Waals surface area contributed by atoms with Crippen molar-refractivity contribution >= 4 is 43.6 Å². The van der Waals surface area contributed by atoms with Gasteiger partial charge in [-0.2, -0.15) is 0 Å². The number of nitrogens with zero attached hydrogens (tertiary/aromatic N) is 3. The second kappa shape index (κ2) is 13.6. The molecule has 0 aliphatic carbocycles. The largest absolute Gasteiger partial charge is 0.455 e. The van der Waals surface area contributed by atoms with Gasteiger partial charge < -0.3 is 4.42 Å². The molecule has 3 heterocycles. The van der Waals surface area contributed by atoms with E-state index in [0.29, 0.717) is 5.82 Å². The van der Waals surface area contributed by atoms with Gasteiger partial charge in [-0.25, -0.2) is 15.0 Å². The Morgan fingerprint density at radius 1 is 0.351 bits per heavy atom. The Morgan fingerprint density at radius 3 is 1.63 bits per heavy atom. The number of furan rings is 1. The maximum Gasteiger partial charge on any atom is 0.160 e. The zero-order chi connectivity index (χ0) is 37.7. The summed E-state index contributed by atoms with van der Waals surface area (Å²) in [5.41, 5.74) is 13.8. The van der Waals surface area contributed by atoms with E-state index in [-0.39, 0.29) is 0 Å². The molecule has 0 unspecified atom stereocenters. The maximum atomic E-state index is 6.78. The fourth-order valence-electron chi connectivity index (χ4n) is 8.12. The smallest absolute Gasteiger partial charge is 0.160 e. The van der Waals surface area contributed by atoms with E-state index in [9.17, 15) is 0 Å². The van der Waals surface area contributed by atoms with Gasteiger partial charge in [0.25, 0.3) is 0 Å². The SMILES string of the molecule is c1ccc(-c2ccc(-c3cc(-c4ccc(-c5cccc6nc(-c7cccc8ccccc78)c7c8ccccc8oc7c56)cc4)nc(-c4ccccc4)n3)cc2)cc1. The van der Waals surface area contributed by atoms with Crippen molar-refractivity contribution in [2.24, 2.45) is 0 Å². The van der Waals surface area contributed by atoms with Crippen LogP contribution in [-0.4, -0.2) is 15.0 Å². The van der Waals surface area contributed by atoms with E-state index in [1.165, 1.54) is 16.5 Å². The third-order valence-electron chi connectivity index (χ3n) is 10.9. The monoisotopic (exact) mass is 727 g/mol. The molecule has 0 N–H and O–H groups in total. The molecule has 0 atom stereocenters. The minimum absolute atomic E-state index is 0.689. The highest BCUT2D eigenvalue weighted by molar-refractivity contribution is 6.23. The Morgan fingerprint density at radius 2 is 0.895 bits per heavy atom. The molecule has 57 heavy (non-hydrogen) atoms. The minimum atomic E-state index is 0.689. The Bertz CT molecular complexity index is 3260. The zero-order valence-corrected chi connectivity index (χ0v) is 30.8. The van der Waals surface area contributed by atoms with Crippen LogP contribution in [0.25, 0.3) is 111 Å². The fraction of sp³-hybridized carbons (Fsp3) is 0. The van der Waals surface area contributed by atoms with Crippen LogP contribution in [0.15, 0.2) is 205 Å². The molecule has 0 saturated carbocycles. The Hall–Kier alpha value is -7.69. The van der Waals surface area contributed by atoms with Gasteiger partial charge in [0, 0.05) is 27.6 Å². The van der Waals surface area contributed by atoms with Crippen LogP contribution in [0.2, 0.25) is 0 Å². The lowest BCUT2D eigenvalue weighted by Gasteiger charge is -2.13. The van der Waals surface area contributed by atoms with Crippen molar-refractivity contribution in [3.05, 3.63) is 200 Å². The molecule has 0 radical (unpaired) electrons. The van der Waals surface area contributed by atoms with E-state index in [4.69, 9.17) is 19.4 Å². The number of aromatic nitrogens is 3. The van der Waals surface area contributed by atoms with Gasteiger partial charge in [-0.05, 0) is 51.2 Å². The lowest BCUT2D eigenvalue weighted by atomic mass is 9.94. The van der Waals surface area contributed by atoms with Crippen molar-refractivity contribution in [2.45, 2.75) is 0 Å². The number of hydrogen-bond donors (Lipinski definition) is 0. The molecule has 4 nitrogen and oxygen atoms in total. The second-order valence-electron chi connectivity index (χ2n) is 14.3. The third-order valence-corrected chi connectivity index (χ3v) is 10.9. The summed E-state index contributed by atoms with van der Waals surface area (Å²) in [6, 6.07) is 69.5. The predicted octanol–water partition coefficient (Wildman–Crippen LogP) is 14.1. The average Bonchev–Trinajstić information content (AvgIpc) is 3.69. The molecule has 266 valence electrons. The normalized spacial score (nSPS) is 11.5. The fourth-order valence-corrected chi connectivity index (χ4v) is 8.12. The van der Waals surface area contributed by atoms with Crippen molar-refractivity contribution in [1.82, 2.24) is 15.0 Å². The summed E-state index contributed by atoms with van der Waals surface area (Å²) < 4.78 is 6.78. The third kappa shape index (κ3) is 5.74. The number of benzene rings is 8. The highest BCUT2D eigenvalue weighted by Gasteiger charge is 2.21. The van der Waals surface area contributed by atoms with Crippen LogP contribution in [0.1, 0.15) is 0 Å². The lowest BCUT2D eigenvalue weighted by Crippen LogP contribution is -1.96. The molecule has 11 aromatic rings. The van der Waals surface area contributed by atoms with Crippen LogP contribution in [-0.2, 0) is 0 Å². The van der Waals surface area contributed by atoms with E-state index in [1.807, 2.05) is 36.4 Å². The topological polar surface area (TPSA) is 51.8 Å². The van der Waals surface area contributed by atoms with Crippen LogP contribution in [0.4, 0.5) is 0 Å². The zero-order valence-electron chi connectivity index (χ0n) is 30.8. The van der Waals surface area contributed by atoms with Crippen LogP contribution in [0, 0.1) is 0 Å². The Labute approximate surface area is 329 Å². The molecule has 0 spiro atoms. The predicted molar refractivity (Wildman–Crippen MR) is 235 cm³/mol. The molecule has 0 aliphatic heterocycles. The van der Waals surface area contributed by atoms with Gasteiger partial charge in [0.1, 0.15) is 11.2 Å². The number of para-hydroxylation sites is 1. The first kappa shape index (κ1) is 32.7. The highest BCUT2D eigenvalue weighted by Crippen LogP contribution is 2.44. The molecule has 3 aromatic heterocycles. The van der Waals surface area contributed by atoms with E-state index < -0.39 is 0 Å². The first-order valence-electron chi connectivity index (χ1n) is 19.2. The van der Waals surface area contributed by atoms with Gasteiger partial charge >= 0.3 is 0 Å². The molecular weight excluding hydrogens is 695 g/mol. The highest BCUT2D eigenvalue weighted by atomic mass is 16.3. The van der Waals surface area contributed by atoms with Gasteiger partial charge in [-0.15, -0.1) is 0 Å². The first-order chi connectivity index (χ1) is 28.2. The van der Waals surface area contributed by atoms with Gasteiger partial charge in [0.15, 0.2) is 5.82 Å². The number of pyridine rings is 1. The summed E-state index contributed by atoms with van der Waals surface area (Å²) in [6.45, 7) is 0. The van der Waals surface area contributed by atoms with Crippen LogP contribution >= 0.6 is 0 Å². The van der Waals surface area contributed by atoms with Crippen molar-refractivity contribution in [3.63, 3.8) is 0 Å². The molecule has 4 heteroatoms. The van der Waals surface area contributed by atoms with Gasteiger partial charge in [0.05, 0.1) is 33.4 Å². The van der Waals surface area contributed by atoms with E-state index >= 15 is 0 Å². The number of fused-ring (bicyclic) bond motifs is 6. The molecule has 0 fully saturated rings. The molecule has 11 rings (SSSR count). The van der Waals surface area contributed by atoms with Crippen molar-refractivity contribution < 1.29 is 4.42 Å². The number of rotatable bonds is 6. The summed E-state index contributed by atoms with van der Waals surface area (Å²) >= 11 is 0. The molecule has 0 saturated heterocycles. The molecule has 0 bridgehead atoms. The molecule has 0 amide bonds. The summed E-state index contributed by atoms with van der Waals surface area (Å²) in [6.07, 6.45) is 0. The lowest BCUT2D eigenvalue weighted by molar-refractivity contribution is 0.672. The maximum absolute atomic E-state index is 6.78. The van der Waals surface area contributed by atoms with Gasteiger partial charge in [0.2, 0.25) is 0 Å². The van der Waals surface area contributed by atoms with Crippen LogP contribution in [0.3, 0.4) is 0 Å². The quantitative estimate of drug-likeness (QED) is 0.171. The summed E-state index contributed by atoms with van der Waals surface area (Å²) in [5.74, 6) is 0.689. The second-order valence-corrected chi connectivity index (χ2v) is 14.3. The molecule has 8 aromatic carbocycles. The van der Waals surface area contributed by atoms with Crippen LogP contribution in [0.5, 0.6) is 0 Å². The summed E-state index contributed by atoms with van der Waals surface area (Å²) in [7, 11) is 0. The van der Waals surface area contributed by atoms with E-state index in [1.54, 1.807) is 0 Å². The molecule has 0 aliphatic rings. The van der Waals surface area contributed by atoms with Gasteiger partial charge in [-0.1, -0.05) is 182 Å². The van der Waals surface area contributed by atoms with Crippen molar-refractivity contribution in [3.8, 4) is 67.4 Å². The summed E-state index contributed by atoms with van der Waals surface area (Å²) in [4.78, 5) is 15.6. The standard InChI is InChI=1S/C53H33N3O/c1-3-13-34(14-4-1)35-25-29-38(30-26-35)46-33-47(56-53(55-46)40-16-5-2-6-17-40)39-31-27-37(28-32-39)42-21-12-23-45-49(42)52-50(44-20-9-10-24-48(44)57-52)51(54-45)43-22-11-18-36-15-7-8-19-41(36)43/h1-33H.